The highest BCUT2D eigenvalue weighted by molar-refractivity contribution is 6.12. The minimum Gasteiger partial charge on any atom is -0.396 e. The Morgan fingerprint density at radius 1 is 0.958 bits per heavy atom. The van der Waals surface area contributed by atoms with Gasteiger partial charge in [-0.3, -0.25) is 25.0 Å². The van der Waals surface area contributed by atoms with Crippen molar-refractivity contribution in [3.63, 3.8) is 0 Å². The predicted octanol–water partition coefficient (Wildman–Crippen LogP) is 1.22. The zero-order valence-corrected chi connectivity index (χ0v) is 11.4. The highest BCUT2D eigenvalue weighted by Crippen LogP contribution is 2.27. The molecule has 2 heterocycles. The first-order valence-electron chi connectivity index (χ1n) is 5.85. The van der Waals surface area contributed by atoms with Crippen molar-refractivity contribution < 1.29 is 33.1 Å². The molecule has 0 aromatic carbocycles. The Labute approximate surface area is 130 Å². The minimum absolute atomic E-state index is 0.264. The standard InChI is InChI=1S/C11H4N6O7/c12-14-3-5-1-7(16(19)20)23-10(5)9(18)11-6(4-15-13)2-8(24-11)17(21)22/h1-4H. The monoisotopic (exact) mass is 332 g/mol. The third-order valence-electron chi connectivity index (χ3n) is 2.66. The average molecular weight is 332 g/mol. The van der Waals surface area contributed by atoms with Crippen LogP contribution in [0.4, 0.5) is 11.8 Å². The van der Waals surface area contributed by atoms with Crippen molar-refractivity contribution in [1.82, 2.24) is 0 Å². The van der Waals surface area contributed by atoms with Crippen LogP contribution in [0.5, 0.6) is 0 Å². The maximum absolute atomic E-state index is 12.4. The molecular weight excluding hydrogens is 328 g/mol. The smallest absolute Gasteiger partial charge is 0.396 e. The van der Waals surface area contributed by atoms with Gasteiger partial charge in [0.2, 0.25) is 0 Å². The van der Waals surface area contributed by atoms with Crippen LogP contribution in [0.15, 0.2) is 21.0 Å². The van der Waals surface area contributed by atoms with Crippen LogP contribution >= 0.6 is 0 Å². The topological polar surface area (TPSA) is 202 Å². The van der Waals surface area contributed by atoms with Crippen LogP contribution < -0.4 is 0 Å². The van der Waals surface area contributed by atoms with Crippen molar-refractivity contribution >= 4 is 30.0 Å². The highest BCUT2D eigenvalue weighted by Gasteiger charge is 2.32. The maximum atomic E-state index is 12.4. The van der Waals surface area contributed by atoms with E-state index in [0.29, 0.717) is 12.4 Å². The number of nitro groups is 2. The molecule has 0 saturated heterocycles. The number of ketones is 1. The first-order chi connectivity index (χ1) is 11.4. The Hall–Kier alpha value is -4.21. The van der Waals surface area contributed by atoms with Gasteiger partial charge in [-0.1, -0.05) is 0 Å². The summed E-state index contributed by atoms with van der Waals surface area (Å²) in [6.07, 6.45) is 1.39. The number of hydrogen-bond acceptors (Lipinski definition) is 7. The van der Waals surface area contributed by atoms with Gasteiger partial charge in [0.05, 0.1) is 12.1 Å². The van der Waals surface area contributed by atoms with Gasteiger partial charge in [-0.05, 0) is 0 Å². The van der Waals surface area contributed by atoms with Crippen molar-refractivity contribution in [3.05, 3.63) is 66.1 Å². The van der Waals surface area contributed by atoms with Crippen LogP contribution in [0.1, 0.15) is 27.4 Å². The Bertz CT molecular complexity index is 881. The van der Waals surface area contributed by atoms with Crippen molar-refractivity contribution in [2.75, 3.05) is 0 Å². The summed E-state index contributed by atoms with van der Waals surface area (Å²) in [6, 6.07) is 1.62. The minimum atomic E-state index is -1.12. The predicted molar refractivity (Wildman–Crippen MR) is 71.7 cm³/mol. The fourth-order valence-electron chi connectivity index (χ4n) is 1.74. The van der Waals surface area contributed by atoms with Crippen LogP contribution in [-0.2, 0) is 0 Å². The molecule has 24 heavy (non-hydrogen) atoms. The lowest BCUT2D eigenvalue weighted by Crippen LogP contribution is -2.04. The average Bonchev–Trinajstić information content (AvgIpc) is 3.12. The molecule has 13 nitrogen and oxygen atoms in total. The molecule has 0 N–H and O–H groups in total. The zero-order valence-electron chi connectivity index (χ0n) is 11.4. The molecular formula is C11H4N6O7. The van der Waals surface area contributed by atoms with Gasteiger partial charge >= 0.3 is 11.8 Å². The molecule has 0 unspecified atom stereocenters. The number of hydrogen-bond donors (Lipinski definition) is 0. The molecule has 0 saturated carbocycles. The van der Waals surface area contributed by atoms with Crippen LogP contribution in [0.3, 0.4) is 0 Å². The number of carbonyl (C=O) groups is 1. The molecule has 0 amide bonds. The molecule has 2 aromatic heterocycles. The molecule has 0 aliphatic carbocycles. The molecule has 0 bridgehead atoms. The normalized spacial score (nSPS) is 9.67. The van der Waals surface area contributed by atoms with E-state index in [9.17, 15) is 25.0 Å². The van der Waals surface area contributed by atoms with Gasteiger partial charge in [0.1, 0.15) is 21.0 Å². The molecule has 0 radical (unpaired) electrons. The molecule has 0 fully saturated rings. The van der Waals surface area contributed by atoms with E-state index in [2.05, 4.69) is 9.58 Å². The molecule has 120 valence electrons. The Morgan fingerprint density at radius 2 is 1.33 bits per heavy atom. The number of furan rings is 2. The Balaban J connectivity index is 2.64. The van der Waals surface area contributed by atoms with Crippen LogP contribution in [-0.4, -0.2) is 37.6 Å². The second-order valence-electron chi connectivity index (χ2n) is 4.07. The Kier molecular flexibility index (Phi) is 4.23. The van der Waals surface area contributed by atoms with E-state index in [4.69, 9.17) is 19.9 Å². The fourth-order valence-corrected chi connectivity index (χ4v) is 1.74. The molecule has 0 aliphatic heterocycles. The van der Waals surface area contributed by atoms with Crippen molar-refractivity contribution in [2.24, 2.45) is 0 Å². The third kappa shape index (κ3) is 2.87. The molecule has 2 aromatic rings. The second-order valence-corrected chi connectivity index (χ2v) is 4.07. The molecule has 0 aliphatic rings. The van der Waals surface area contributed by atoms with Gasteiger partial charge < -0.3 is 19.9 Å². The maximum Gasteiger partial charge on any atom is 0.434 e. The quantitative estimate of drug-likeness (QED) is 0.188. The van der Waals surface area contributed by atoms with Crippen LogP contribution in [0.2, 0.25) is 0 Å². The van der Waals surface area contributed by atoms with Gasteiger partial charge in [0.15, 0.2) is 11.5 Å². The van der Waals surface area contributed by atoms with E-state index in [0.717, 1.165) is 12.1 Å². The van der Waals surface area contributed by atoms with Crippen molar-refractivity contribution in [3.8, 4) is 0 Å². The van der Waals surface area contributed by atoms with Crippen molar-refractivity contribution in [2.45, 2.75) is 0 Å². The number of carbonyl (C=O) groups excluding carboxylic acids is 1. The van der Waals surface area contributed by atoms with E-state index in [1.165, 1.54) is 0 Å². The van der Waals surface area contributed by atoms with Gasteiger partial charge in [0.25, 0.3) is 18.2 Å². The van der Waals surface area contributed by atoms with Crippen molar-refractivity contribution in [1.29, 1.82) is 0 Å². The largest absolute Gasteiger partial charge is 0.434 e. The summed E-state index contributed by atoms with van der Waals surface area (Å²) in [5, 5.41) is 21.4. The summed E-state index contributed by atoms with van der Waals surface area (Å²) >= 11 is 0. The summed E-state index contributed by atoms with van der Waals surface area (Å²) in [5.41, 5.74) is 16.6. The summed E-state index contributed by atoms with van der Waals surface area (Å²) < 4.78 is 9.52. The van der Waals surface area contributed by atoms with E-state index in [-0.39, 0.29) is 11.1 Å². The first-order valence-corrected chi connectivity index (χ1v) is 5.85. The van der Waals surface area contributed by atoms with Gasteiger partial charge in [0, 0.05) is 0 Å². The van der Waals surface area contributed by atoms with E-state index in [1.807, 2.05) is 0 Å². The van der Waals surface area contributed by atoms with Crippen LogP contribution in [0, 0.1) is 20.2 Å². The van der Waals surface area contributed by atoms with Gasteiger partial charge in [-0.2, -0.15) is 9.58 Å². The van der Waals surface area contributed by atoms with E-state index >= 15 is 0 Å². The SMILES string of the molecule is [N-]=[N+]=Cc1cc([N+](=O)[O-])oc1C(=O)c1oc([N+](=O)[O-])cc1C=[N+]=[N-]. The molecule has 0 spiro atoms. The first kappa shape index (κ1) is 16.2. The fraction of sp³-hybridized carbons (Fsp3) is 0. The summed E-state index contributed by atoms with van der Waals surface area (Å²) in [6.45, 7) is 0. The zero-order chi connectivity index (χ0) is 17.9. The van der Waals surface area contributed by atoms with Crippen LogP contribution in [0.25, 0.3) is 11.1 Å². The Morgan fingerprint density at radius 3 is 1.62 bits per heavy atom. The highest BCUT2D eigenvalue weighted by atomic mass is 16.7. The lowest BCUT2D eigenvalue weighted by Gasteiger charge is -1.93. The number of rotatable bonds is 6. The van der Waals surface area contributed by atoms with Gasteiger partial charge in [-0.15, -0.1) is 0 Å². The van der Waals surface area contributed by atoms with E-state index < -0.39 is 38.9 Å². The lowest BCUT2D eigenvalue weighted by molar-refractivity contribution is -0.402. The lowest BCUT2D eigenvalue weighted by atomic mass is 10.1. The second kappa shape index (κ2) is 6.27. The van der Waals surface area contributed by atoms with Gasteiger partial charge in [-0.25, -0.2) is 0 Å². The summed E-state index contributed by atoms with van der Waals surface area (Å²) in [4.78, 5) is 37.2. The summed E-state index contributed by atoms with van der Waals surface area (Å²) in [5.74, 6) is -4.09. The van der Waals surface area contributed by atoms with E-state index in [1.54, 1.807) is 0 Å². The molecule has 13 heteroatoms. The molecule has 2 rings (SSSR count). The number of nitrogens with zero attached hydrogens (tertiary/aromatic N) is 6. The third-order valence-corrected chi connectivity index (χ3v) is 2.66. The summed E-state index contributed by atoms with van der Waals surface area (Å²) in [7, 11) is 0. The molecule has 0 atom stereocenters.